The first-order valence-electron chi connectivity index (χ1n) is 8.34. The van der Waals surface area contributed by atoms with Gasteiger partial charge in [-0.25, -0.2) is 4.99 Å². The fourth-order valence-electron chi connectivity index (χ4n) is 2.86. The van der Waals surface area contributed by atoms with Crippen LogP contribution in [-0.4, -0.2) is 61.2 Å². The predicted molar refractivity (Wildman–Crippen MR) is 107 cm³/mol. The van der Waals surface area contributed by atoms with E-state index in [1.165, 1.54) is 0 Å². The lowest BCUT2D eigenvalue weighted by Crippen LogP contribution is -2.53. The fourth-order valence-corrected chi connectivity index (χ4v) is 2.86. The molecule has 7 nitrogen and oxygen atoms in total. The average Bonchev–Trinajstić information content (AvgIpc) is 3.06. The van der Waals surface area contributed by atoms with Crippen molar-refractivity contribution in [3.05, 3.63) is 23.8 Å². The van der Waals surface area contributed by atoms with E-state index in [1.807, 2.05) is 23.1 Å². The molecule has 0 aliphatic carbocycles. The van der Waals surface area contributed by atoms with Gasteiger partial charge in [-0.1, -0.05) is 6.07 Å². The zero-order chi connectivity index (χ0) is 16.9. The Balaban J connectivity index is 0.00000225. The summed E-state index contributed by atoms with van der Waals surface area (Å²) in [6.45, 7) is 8.42. The standard InChI is InChI=1S/C17H24N4O3.HI/c1-3-18-17(21-8-6-20(7-9-21)13(2)22)19-11-14-4-5-15-16(10-14)24-12-23-15;/h4-5,10H,3,6-9,11-12H2,1-2H3,(H,18,19);1H. The first-order chi connectivity index (χ1) is 11.7. The molecule has 1 N–H and O–H groups in total. The number of piperazine rings is 1. The van der Waals surface area contributed by atoms with Crippen LogP contribution in [0.2, 0.25) is 0 Å². The lowest BCUT2D eigenvalue weighted by atomic mass is 10.2. The van der Waals surface area contributed by atoms with Gasteiger partial charge in [0.05, 0.1) is 6.54 Å². The van der Waals surface area contributed by atoms with Crippen molar-refractivity contribution in [1.82, 2.24) is 15.1 Å². The number of guanidine groups is 1. The Labute approximate surface area is 165 Å². The minimum absolute atomic E-state index is 0. The molecule has 1 saturated heterocycles. The summed E-state index contributed by atoms with van der Waals surface area (Å²) in [5, 5.41) is 3.34. The monoisotopic (exact) mass is 460 g/mol. The number of benzene rings is 1. The van der Waals surface area contributed by atoms with E-state index in [1.54, 1.807) is 6.92 Å². The number of hydrogen-bond acceptors (Lipinski definition) is 4. The van der Waals surface area contributed by atoms with Gasteiger partial charge in [0, 0.05) is 39.6 Å². The maximum absolute atomic E-state index is 11.4. The van der Waals surface area contributed by atoms with Crippen molar-refractivity contribution in [3.63, 3.8) is 0 Å². The normalized spacial score (nSPS) is 16.5. The van der Waals surface area contributed by atoms with E-state index in [2.05, 4.69) is 17.1 Å². The van der Waals surface area contributed by atoms with Gasteiger partial charge in [-0.2, -0.15) is 0 Å². The number of amides is 1. The molecule has 138 valence electrons. The second kappa shape index (κ2) is 9.12. The van der Waals surface area contributed by atoms with Crippen LogP contribution in [0.1, 0.15) is 19.4 Å². The van der Waals surface area contributed by atoms with Crippen molar-refractivity contribution in [1.29, 1.82) is 0 Å². The summed E-state index contributed by atoms with van der Waals surface area (Å²) in [6.07, 6.45) is 0. The Kier molecular flexibility index (Phi) is 7.15. The van der Waals surface area contributed by atoms with E-state index in [0.717, 1.165) is 55.7 Å². The Morgan fingerprint density at radius 2 is 1.84 bits per heavy atom. The maximum atomic E-state index is 11.4. The minimum Gasteiger partial charge on any atom is -0.454 e. The van der Waals surface area contributed by atoms with Gasteiger partial charge in [-0.3, -0.25) is 4.79 Å². The number of carbonyl (C=O) groups excluding carboxylic acids is 1. The molecule has 1 amide bonds. The molecular formula is C17H25IN4O3. The summed E-state index contributed by atoms with van der Waals surface area (Å²) in [6, 6.07) is 5.91. The molecule has 2 heterocycles. The van der Waals surface area contributed by atoms with Gasteiger partial charge in [0.25, 0.3) is 0 Å². The van der Waals surface area contributed by atoms with Crippen LogP contribution in [0.3, 0.4) is 0 Å². The number of aliphatic imine (C=N–C) groups is 1. The first-order valence-corrected chi connectivity index (χ1v) is 8.34. The van der Waals surface area contributed by atoms with Crippen molar-refractivity contribution < 1.29 is 14.3 Å². The van der Waals surface area contributed by atoms with E-state index in [4.69, 9.17) is 14.5 Å². The molecule has 0 unspecified atom stereocenters. The summed E-state index contributed by atoms with van der Waals surface area (Å²) in [5.74, 6) is 2.59. The van der Waals surface area contributed by atoms with Crippen LogP contribution >= 0.6 is 24.0 Å². The molecule has 1 aromatic carbocycles. The Morgan fingerprint density at radius 3 is 2.52 bits per heavy atom. The molecule has 0 radical (unpaired) electrons. The Morgan fingerprint density at radius 1 is 1.16 bits per heavy atom. The number of ether oxygens (including phenoxy) is 2. The van der Waals surface area contributed by atoms with E-state index in [0.29, 0.717) is 6.54 Å². The second-order valence-electron chi connectivity index (χ2n) is 5.85. The average molecular weight is 460 g/mol. The predicted octanol–water partition coefficient (Wildman–Crippen LogP) is 1.66. The zero-order valence-corrected chi connectivity index (χ0v) is 17.0. The molecule has 0 aromatic heterocycles. The smallest absolute Gasteiger partial charge is 0.231 e. The largest absolute Gasteiger partial charge is 0.454 e. The van der Waals surface area contributed by atoms with Crippen LogP contribution in [0.4, 0.5) is 0 Å². The summed E-state index contributed by atoms with van der Waals surface area (Å²) < 4.78 is 10.7. The van der Waals surface area contributed by atoms with E-state index >= 15 is 0 Å². The number of halogens is 1. The summed E-state index contributed by atoms with van der Waals surface area (Å²) >= 11 is 0. The van der Waals surface area contributed by atoms with Gasteiger partial charge in [0.1, 0.15) is 0 Å². The van der Waals surface area contributed by atoms with Gasteiger partial charge >= 0.3 is 0 Å². The molecule has 3 rings (SSSR count). The number of nitrogens with zero attached hydrogens (tertiary/aromatic N) is 3. The van der Waals surface area contributed by atoms with Gasteiger partial charge in [-0.05, 0) is 24.6 Å². The number of hydrogen-bond donors (Lipinski definition) is 1. The van der Waals surface area contributed by atoms with Crippen LogP contribution in [0.5, 0.6) is 11.5 Å². The third kappa shape index (κ3) is 4.90. The quantitative estimate of drug-likeness (QED) is 0.423. The number of rotatable bonds is 3. The summed E-state index contributed by atoms with van der Waals surface area (Å²) in [7, 11) is 0. The molecule has 25 heavy (non-hydrogen) atoms. The number of fused-ring (bicyclic) bond motifs is 1. The first kappa shape index (κ1) is 19.6. The highest BCUT2D eigenvalue weighted by Crippen LogP contribution is 2.32. The summed E-state index contributed by atoms with van der Waals surface area (Å²) in [5.41, 5.74) is 1.08. The molecule has 0 bridgehead atoms. The molecule has 0 saturated carbocycles. The van der Waals surface area contributed by atoms with Crippen LogP contribution in [0, 0.1) is 0 Å². The summed E-state index contributed by atoms with van der Waals surface area (Å²) in [4.78, 5) is 20.3. The van der Waals surface area contributed by atoms with Crippen molar-refractivity contribution in [2.75, 3.05) is 39.5 Å². The minimum atomic E-state index is 0. The van der Waals surface area contributed by atoms with E-state index in [-0.39, 0.29) is 36.7 Å². The molecule has 0 atom stereocenters. The van der Waals surface area contributed by atoms with Crippen molar-refractivity contribution >= 4 is 35.8 Å². The third-order valence-electron chi connectivity index (χ3n) is 4.21. The third-order valence-corrected chi connectivity index (χ3v) is 4.21. The molecule has 1 aromatic rings. The molecule has 0 spiro atoms. The van der Waals surface area contributed by atoms with E-state index in [9.17, 15) is 4.79 Å². The SMILES string of the molecule is CCNC(=NCc1ccc2c(c1)OCO2)N1CCN(C(C)=O)CC1.I. The van der Waals surface area contributed by atoms with Crippen LogP contribution < -0.4 is 14.8 Å². The number of carbonyl (C=O) groups is 1. The second-order valence-corrected chi connectivity index (χ2v) is 5.85. The van der Waals surface area contributed by atoms with Crippen LogP contribution in [-0.2, 0) is 11.3 Å². The van der Waals surface area contributed by atoms with Gasteiger partial charge in [-0.15, -0.1) is 24.0 Å². The highest BCUT2D eigenvalue weighted by molar-refractivity contribution is 14.0. The highest BCUT2D eigenvalue weighted by atomic mass is 127. The Bertz CT molecular complexity index is 630. The fraction of sp³-hybridized carbons (Fsp3) is 0.529. The van der Waals surface area contributed by atoms with Crippen LogP contribution in [0.25, 0.3) is 0 Å². The molecule has 8 heteroatoms. The molecule has 2 aliphatic rings. The van der Waals surface area contributed by atoms with Gasteiger partial charge < -0.3 is 24.6 Å². The molecule has 2 aliphatic heterocycles. The van der Waals surface area contributed by atoms with Crippen molar-refractivity contribution in [2.45, 2.75) is 20.4 Å². The maximum Gasteiger partial charge on any atom is 0.231 e. The Hall–Kier alpha value is -1.71. The molecular weight excluding hydrogens is 435 g/mol. The topological polar surface area (TPSA) is 66.4 Å². The number of nitrogens with one attached hydrogen (secondary N) is 1. The zero-order valence-electron chi connectivity index (χ0n) is 14.7. The lowest BCUT2D eigenvalue weighted by Gasteiger charge is -2.36. The van der Waals surface area contributed by atoms with Gasteiger partial charge in [0.15, 0.2) is 17.5 Å². The van der Waals surface area contributed by atoms with Crippen LogP contribution in [0.15, 0.2) is 23.2 Å². The molecule has 1 fully saturated rings. The van der Waals surface area contributed by atoms with Gasteiger partial charge in [0.2, 0.25) is 12.7 Å². The lowest BCUT2D eigenvalue weighted by molar-refractivity contribution is -0.130. The highest BCUT2D eigenvalue weighted by Gasteiger charge is 2.21. The van der Waals surface area contributed by atoms with Crippen molar-refractivity contribution in [2.24, 2.45) is 4.99 Å². The van der Waals surface area contributed by atoms with E-state index < -0.39 is 0 Å². The van der Waals surface area contributed by atoms with Crippen molar-refractivity contribution in [3.8, 4) is 11.5 Å².